The topological polar surface area (TPSA) is 82.5 Å². The molecule has 1 atom stereocenters. The van der Waals surface area contributed by atoms with Crippen molar-refractivity contribution in [3.05, 3.63) is 41.7 Å². The van der Waals surface area contributed by atoms with Gasteiger partial charge in [0.15, 0.2) is 6.10 Å². The Morgan fingerprint density at radius 1 is 1.24 bits per heavy atom. The van der Waals surface area contributed by atoms with Gasteiger partial charge in [0.05, 0.1) is 30.1 Å². The first-order valence-electron chi connectivity index (χ1n) is 8.07. The van der Waals surface area contributed by atoms with Gasteiger partial charge in [-0.3, -0.25) is 14.3 Å². The monoisotopic (exact) mass is 345 g/mol. The van der Waals surface area contributed by atoms with Crippen LogP contribution in [-0.4, -0.2) is 34.4 Å². The van der Waals surface area contributed by atoms with Crippen LogP contribution in [0.2, 0.25) is 0 Å². The predicted molar refractivity (Wildman–Crippen MR) is 93.4 cm³/mol. The van der Waals surface area contributed by atoms with Crippen molar-refractivity contribution >= 4 is 17.6 Å². The lowest BCUT2D eigenvalue weighted by Crippen LogP contribution is -2.30. The number of nitrogens with one attached hydrogen (secondary N) is 1. The summed E-state index contributed by atoms with van der Waals surface area (Å²) in [6.07, 6.45) is -0.833. The molecule has 25 heavy (non-hydrogen) atoms. The summed E-state index contributed by atoms with van der Waals surface area (Å²) >= 11 is 0. The Hall–Kier alpha value is -2.83. The summed E-state index contributed by atoms with van der Waals surface area (Å²) in [7, 11) is 1.80. The van der Waals surface area contributed by atoms with Gasteiger partial charge in [-0.2, -0.15) is 5.10 Å². The maximum atomic E-state index is 12.2. The van der Waals surface area contributed by atoms with E-state index in [-0.39, 0.29) is 13.0 Å². The van der Waals surface area contributed by atoms with Crippen molar-refractivity contribution in [2.24, 2.45) is 7.05 Å². The van der Waals surface area contributed by atoms with Crippen LogP contribution in [0.25, 0.3) is 0 Å². The Morgan fingerprint density at radius 3 is 2.52 bits per heavy atom. The number of para-hydroxylation sites is 1. The Bertz CT molecular complexity index is 740. The first kappa shape index (κ1) is 18.5. The number of nitrogens with zero attached hydrogens (tertiary/aromatic N) is 2. The number of benzene rings is 1. The second kappa shape index (κ2) is 8.32. The van der Waals surface area contributed by atoms with Crippen LogP contribution in [-0.2, 0) is 21.4 Å². The van der Waals surface area contributed by atoms with Crippen LogP contribution in [0, 0.1) is 13.8 Å². The number of hydrogen-bond donors (Lipinski definition) is 1. The smallest absolute Gasteiger partial charge is 0.310 e. The molecule has 1 aromatic heterocycles. The van der Waals surface area contributed by atoms with Crippen LogP contribution in [0.5, 0.6) is 5.75 Å². The molecule has 0 fully saturated rings. The zero-order valence-electron chi connectivity index (χ0n) is 14.9. The van der Waals surface area contributed by atoms with E-state index in [9.17, 15) is 9.59 Å². The molecule has 0 radical (unpaired) electrons. The number of esters is 1. The highest BCUT2D eigenvalue weighted by atomic mass is 16.5. The number of rotatable bonds is 7. The van der Waals surface area contributed by atoms with E-state index in [0.29, 0.717) is 17.1 Å². The Labute approximate surface area is 146 Å². The van der Waals surface area contributed by atoms with Gasteiger partial charge in [-0.15, -0.1) is 0 Å². The zero-order valence-corrected chi connectivity index (χ0v) is 14.9. The first-order valence-corrected chi connectivity index (χ1v) is 8.07. The number of anilines is 1. The molecule has 7 heteroatoms. The van der Waals surface area contributed by atoms with E-state index in [1.807, 2.05) is 25.1 Å². The molecule has 2 rings (SSSR count). The number of amides is 1. The van der Waals surface area contributed by atoms with Crippen molar-refractivity contribution in [3.8, 4) is 5.75 Å². The predicted octanol–water partition coefficient (Wildman–Crippen LogP) is 2.38. The van der Waals surface area contributed by atoms with E-state index in [1.165, 1.54) is 6.92 Å². The van der Waals surface area contributed by atoms with Gasteiger partial charge in [0.2, 0.25) is 0 Å². The fraction of sp³-hybridized carbons (Fsp3) is 0.389. The van der Waals surface area contributed by atoms with Crippen molar-refractivity contribution < 1.29 is 19.1 Å². The lowest BCUT2D eigenvalue weighted by Gasteiger charge is -2.14. The molecule has 1 aromatic carbocycles. The van der Waals surface area contributed by atoms with Crippen LogP contribution in [0.4, 0.5) is 5.69 Å². The number of aryl methyl sites for hydroxylation is 2. The van der Waals surface area contributed by atoms with Crippen LogP contribution >= 0.6 is 0 Å². The second-order valence-electron chi connectivity index (χ2n) is 5.70. The summed E-state index contributed by atoms with van der Waals surface area (Å²) in [6, 6.07) is 9.19. The lowest BCUT2D eigenvalue weighted by atomic mass is 10.3. The van der Waals surface area contributed by atoms with Crippen LogP contribution in [0.1, 0.15) is 24.7 Å². The fourth-order valence-corrected chi connectivity index (χ4v) is 2.26. The third-order valence-electron chi connectivity index (χ3n) is 3.75. The number of carbonyl (C=O) groups excluding carboxylic acids is 2. The third-order valence-corrected chi connectivity index (χ3v) is 3.75. The number of carbonyl (C=O) groups is 2. The maximum Gasteiger partial charge on any atom is 0.310 e. The summed E-state index contributed by atoms with van der Waals surface area (Å²) in [5, 5.41) is 6.99. The molecule has 2 aromatic rings. The molecule has 0 spiro atoms. The van der Waals surface area contributed by atoms with Crippen molar-refractivity contribution in [1.82, 2.24) is 9.78 Å². The average molecular weight is 345 g/mol. The van der Waals surface area contributed by atoms with Gasteiger partial charge in [-0.1, -0.05) is 18.2 Å². The molecule has 0 aliphatic heterocycles. The van der Waals surface area contributed by atoms with E-state index in [0.717, 1.165) is 5.69 Å². The summed E-state index contributed by atoms with van der Waals surface area (Å²) in [4.78, 5) is 24.0. The summed E-state index contributed by atoms with van der Waals surface area (Å²) in [5.74, 6) is -0.196. The van der Waals surface area contributed by atoms with Gasteiger partial charge < -0.3 is 14.8 Å². The van der Waals surface area contributed by atoms with Crippen molar-refractivity contribution in [2.45, 2.75) is 33.3 Å². The molecule has 134 valence electrons. The van der Waals surface area contributed by atoms with E-state index < -0.39 is 18.0 Å². The Kier molecular flexibility index (Phi) is 6.16. The van der Waals surface area contributed by atoms with Crippen LogP contribution in [0.15, 0.2) is 30.3 Å². The highest BCUT2D eigenvalue weighted by Crippen LogP contribution is 2.18. The minimum Gasteiger partial charge on any atom is -0.493 e. The quantitative estimate of drug-likeness (QED) is 0.779. The van der Waals surface area contributed by atoms with Crippen molar-refractivity contribution in [3.63, 3.8) is 0 Å². The standard InChI is InChI=1S/C18H23N3O4/c1-12-17(13(2)21(4)20-12)19-18(23)14(3)25-16(22)10-11-24-15-8-6-5-7-9-15/h5-9,14H,10-11H2,1-4H3,(H,19,23). The molecule has 0 aliphatic rings. The lowest BCUT2D eigenvalue weighted by molar-refractivity contribution is -0.153. The molecule has 1 heterocycles. The third kappa shape index (κ3) is 5.07. The highest BCUT2D eigenvalue weighted by molar-refractivity contribution is 5.96. The average Bonchev–Trinajstić information content (AvgIpc) is 2.82. The van der Waals surface area contributed by atoms with Crippen LogP contribution in [0.3, 0.4) is 0 Å². The van der Waals surface area contributed by atoms with Crippen molar-refractivity contribution in [2.75, 3.05) is 11.9 Å². The van der Waals surface area contributed by atoms with Gasteiger partial charge in [0, 0.05) is 7.05 Å². The van der Waals surface area contributed by atoms with Crippen LogP contribution < -0.4 is 10.1 Å². The van der Waals surface area contributed by atoms with E-state index >= 15 is 0 Å². The maximum absolute atomic E-state index is 12.2. The van der Waals surface area contributed by atoms with Gasteiger partial charge in [-0.25, -0.2) is 0 Å². The number of ether oxygens (including phenoxy) is 2. The molecule has 1 unspecified atom stereocenters. The van der Waals surface area contributed by atoms with E-state index in [1.54, 1.807) is 30.8 Å². The molecule has 7 nitrogen and oxygen atoms in total. The largest absolute Gasteiger partial charge is 0.493 e. The van der Waals surface area contributed by atoms with Gasteiger partial charge >= 0.3 is 5.97 Å². The molecular weight excluding hydrogens is 322 g/mol. The van der Waals surface area contributed by atoms with Gasteiger partial charge in [0.1, 0.15) is 5.75 Å². The van der Waals surface area contributed by atoms with Gasteiger partial charge in [0.25, 0.3) is 5.91 Å². The highest BCUT2D eigenvalue weighted by Gasteiger charge is 2.20. The molecule has 0 saturated heterocycles. The molecular formula is C18H23N3O4. The van der Waals surface area contributed by atoms with Gasteiger partial charge in [-0.05, 0) is 32.9 Å². The first-order chi connectivity index (χ1) is 11.9. The minimum absolute atomic E-state index is 0.0669. The zero-order chi connectivity index (χ0) is 18.4. The molecule has 1 N–H and O–H groups in total. The number of hydrogen-bond acceptors (Lipinski definition) is 5. The Morgan fingerprint density at radius 2 is 1.92 bits per heavy atom. The van der Waals surface area contributed by atoms with E-state index in [4.69, 9.17) is 9.47 Å². The SMILES string of the molecule is Cc1nn(C)c(C)c1NC(=O)C(C)OC(=O)CCOc1ccccc1. The fourth-order valence-electron chi connectivity index (χ4n) is 2.26. The summed E-state index contributed by atoms with van der Waals surface area (Å²) < 4.78 is 12.3. The molecule has 1 amide bonds. The van der Waals surface area contributed by atoms with E-state index in [2.05, 4.69) is 10.4 Å². The minimum atomic E-state index is -0.900. The molecule has 0 aliphatic carbocycles. The normalized spacial score (nSPS) is 11.7. The molecule has 0 bridgehead atoms. The molecule has 0 saturated carbocycles. The Balaban J connectivity index is 1.79. The summed E-state index contributed by atoms with van der Waals surface area (Å²) in [5.41, 5.74) is 2.19. The second-order valence-corrected chi connectivity index (χ2v) is 5.70. The number of aromatic nitrogens is 2. The van der Waals surface area contributed by atoms with Crippen molar-refractivity contribution in [1.29, 1.82) is 0 Å². The summed E-state index contributed by atoms with van der Waals surface area (Å²) in [6.45, 7) is 5.39.